The van der Waals surface area contributed by atoms with E-state index in [0.29, 0.717) is 30.3 Å². The van der Waals surface area contributed by atoms with Gasteiger partial charge in [0, 0.05) is 31.5 Å². The van der Waals surface area contributed by atoms with Crippen molar-refractivity contribution in [1.82, 2.24) is 0 Å². The molecule has 29 heavy (non-hydrogen) atoms. The number of nitro groups is 1. The Balaban J connectivity index is 2.40. The van der Waals surface area contributed by atoms with Gasteiger partial charge in [-0.05, 0) is 29.2 Å². The third kappa shape index (κ3) is 5.68. The first-order valence-corrected chi connectivity index (χ1v) is 9.18. The van der Waals surface area contributed by atoms with Crippen LogP contribution in [-0.4, -0.2) is 38.2 Å². The van der Waals surface area contributed by atoms with Crippen molar-refractivity contribution in [3.05, 3.63) is 57.6 Å². The Morgan fingerprint density at radius 3 is 2.41 bits per heavy atom. The number of hydrogen-bond donors (Lipinski definition) is 2. The van der Waals surface area contributed by atoms with E-state index in [1.807, 2.05) is 12.1 Å². The Kier molecular flexibility index (Phi) is 7.17. The molecule has 8 nitrogen and oxygen atoms in total. The lowest BCUT2D eigenvalue weighted by molar-refractivity contribution is -0.384. The molecule has 2 aromatic carbocycles. The molecule has 0 fully saturated rings. The Hall–Kier alpha value is -3.13. The van der Waals surface area contributed by atoms with Crippen LogP contribution in [0.2, 0.25) is 0 Å². The minimum absolute atomic E-state index is 0.121. The number of ether oxygens (including phenoxy) is 2. The quantitative estimate of drug-likeness (QED) is 0.390. The lowest BCUT2D eigenvalue weighted by Crippen LogP contribution is -2.18. The van der Waals surface area contributed by atoms with E-state index in [-0.39, 0.29) is 16.7 Å². The molecule has 1 amide bonds. The van der Waals surface area contributed by atoms with Crippen molar-refractivity contribution in [2.24, 2.45) is 0 Å². The number of rotatable bonds is 8. The minimum Gasteiger partial charge on any atom is -0.495 e. The Morgan fingerprint density at radius 2 is 1.83 bits per heavy atom. The van der Waals surface area contributed by atoms with Crippen LogP contribution in [0.3, 0.4) is 0 Å². The van der Waals surface area contributed by atoms with Gasteiger partial charge in [-0.2, -0.15) is 0 Å². The smallest absolute Gasteiger partial charge is 0.270 e. The van der Waals surface area contributed by atoms with Crippen molar-refractivity contribution in [2.45, 2.75) is 26.2 Å². The summed E-state index contributed by atoms with van der Waals surface area (Å²) < 4.78 is 10.4. The van der Waals surface area contributed by atoms with Crippen LogP contribution >= 0.6 is 0 Å². The van der Waals surface area contributed by atoms with Crippen LogP contribution in [0.15, 0.2) is 36.4 Å². The molecule has 0 heterocycles. The van der Waals surface area contributed by atoms with E-state index in [2.05, 4.69) is 31.4 Å². The summed E-state index contributed by atoms with van der Waals surface area (Å²) in [5.74, 6) is 0.0312. The van der Waals surface area contributed by atoms with Crippen molar-refractivity contribution in [3.63, 3.8) is 0 Å². The van der Waals surface area contributed by atoms with Crippen LogP contribution in [0.25, 0.3) is 0 Å². The van der Waals surface area contributed by atoms with Gasteiger partial charge in [-0.3, -0.25) is 14.9 Å². The van der Waals surface area contributed by atoms with Gasteiger partial charge in [-0.1, -0.05) is 26.8 Å². The molecule has 0 radical (unpaired) electrons. The second-order valence-corrected chi connectivity index (χ2v) is 7.53. The van der Waals surface area contributed by atoms with Gasteiger partial charge in [0.1, 0.15) is 5.75 Å². The predicted molar refractivity (Wildman–Crippen MR) is 113 cm³/mol. The molecule has 0 saturated carbocycles. The van der Waals surface area contributed by atoms with Crippen molar-refractivity contribution < 1.29 is 19.2 Å². The van der Waals surface area contributed by atoms with Crippen LogP contribution in [0, 0.1) is 10.1 Å². The van der Waals surface area contributed by atoms with Gasteiger partial charge in [-0.25, -0.2) is 0 Å². The highest BCUT2D eigenvalue weighted by molar-refractivity contribution is 6.09. The number of hydrogen-bond acceptors (Lipinski definition) is 6. The number of anilines is 2. The second kappa shape index (κ2) is 9.38. The fourth-order valence-electron chi connectivity index (χ4n) is 2.74. The molecule has 2 rings (SSSR count). The zero-order valence-corrected chi connectivity index (χ0v) is 17.4. The van der Waals surface area contributed by atoms with Gasteiger partial charge in [-0.15, -0.1) is 0 Å². The van der Waals surface area contributed by atoms with E-state index >= 15 is 0 Å². The average Bonchev–Trinajstić information content (AvgIpc) is 2.67. The van der Waals surface area contributed by atoms with Gasteiger partial charge in [0.2, 0.25) is 0 Å². The fourth-order valence-corrected chi connectivity index (χ4v) is 2.74. The lowest BCUT2D eigenvalue weighted by Gasteiger charge is -2.21. The Labute approximate surface area is 170 Å². The first-order chi connectivity index (χ1) is 13.7. The average molecular weight is 401 g/mol. The molecule has 8 heteroatoms. The highest BCUT2D eigenvalue weighted by Crippen LogP contribution is 2.32. The summed E-state index contributed by atoms with van der Waals surface area (Å²) in [6.45, 7) is 7.09. The zero-order valence-electron chi connectivity index (χ0n) is 17.4. The maximum Gasteiger partial charge on any atom is 0.270 e. The van der Waals surface area contributed by atoms with E-state index in [1.54, 1.807) is 13.2 Å². The number of nitrogens with zero attached hydrogens (tertiary/aromatic N) is 1. The number of carbonyl (C=O) groups excluding carboxylic acids is 1. The van der Waals surface area contributed by atoms with Gasteiger partial charge >= 0.3 is 0 Å². The van der Waals surface area contributed by atoms with Gasteiger partial charge < -0.3 is 20.1 Å². The molecule has 156 valence electrons. The summed E-state index contributed by atoms with van der Waals surface area (Å²) in [5.41, 5.74) is 1.88. The summed E-state index contributed by atoms with van der Waals surface area (Å²) in [7, 11) is 3.09. The fraction of sp³-hybridized carbons (Fsp3) is 0.381. The maximum atomic E-state index is 13.0. The van der Waals surface area contributed by atoms with E-state index in [9.17, 15) is 14.9 Å². The summed E-state index contributed by atoms with van der Waals surface area (Å²) in [6, 6.07) is 9.72. The van der Waals surface area contributed by atoms with E-state index in [1.165, 1.54) is 25.3 Å². The van der Waals surface area contributed by atoms with Crippen LogP contribution in [-0.2, 0) is 10.2 Å². The number of non-ortho nitro benzene ring substituents is 1. The van der Waals surface area contributed by atoms with Crippen molar-refractivity contribution in [3.8, 4) is 5.75 Å². The van der Waals surface area contributed by atoms with Crippen LogP contribution in [0.5, 0.6) is 5.75 Å². The largest absolute Gasteiger partial charge is 0.495 e. The Bertz CT molecular complexity index is 890. The predicted octanol–water partition coefficient (Wildman–Crippen LogP) is 4.21. The second-order valence-electron chi connectivity index (χ2n) is 7.53. The van der Waals surface area contributed by atoms with Crippen molar-refractivity contribution in [2.75, 3.05) is 38.0 Å². The van der Waals surface area contributed by atoms with Gasteiger partial charge in [0.15, 0.2) is 0 Å². The lowest BCUT2D eigenvalue weighted by atomic mass is 9.87. The van der Waals surface area contributed by atoms with Crippen LogP contribution in [0.4, 0.5) is 17.1 Å². The molecule has 0 spiro atoms. The number of nitrogens with one attached hydrogen (secondary N) is 2. The number of carbonyl (C=O) groups is 1. The molecule has 0 bridgehead atoms. The number of methoxy groups -OCH3 is 2. The molecule has 0 atom stereocenters. The number of amides is 1. The molecule has 0 aliphatic heterocycles. The third-order valence-electron chi connectivity index (χ3n) is 4.39. The summed E-state index contributed by atoms with van der Waals surface area (Å²) >= 11 is 0. The maximum absolute atomic E-state index is 13.0. The monoisotopic (exact) mass is 401 g/mol. The number of benzene rings is 2. The molecule has 0 saturated heterocycles. The first kappa shape index (κ1) is 22.2. The van der Waals surface area contributed by atoms with E-state index < -0.39 is 10.8 Å². The van der Waals surface area contributed by atoms with E-state index in [0.717, 1.165) is 5.56 Å². The van der Waals surface area contributed by atoms with Crippen molar-refractivity contribution >= 4 is 23.0 Å². The molecule has 0 aromatic heterocycles. The van der Waals surface area contributed by atoms with Crippen LogP contribution < -0.4 is 15.4 Å². The molecule has 0 aliphatic carbocycles. The molecule has 2 aromatic rings. The van der Waals surface area contributed by atoms with Crippen LogP contribution in [0.1, 0.15) is 36.7 Å². The first-order valence-electron chi connectivity index (χ1n) is 9.18. The Morgan fingerprint density at radius 1 is 1.10 bits per heavy atom. The molecule has 2 N–H and O–H groups in total. The molecular formula is C21H27N3O5. The third-order valence-corrected chi connectivity index (χ3v) is 4.39. The molecule has 0 unspecified atom stereocenters. The normalized spacial score (nSPS) is 11.1. The zero-order chi connectivity index (χ0) is 21.6. The highest BCUT2D eigenvalue weighted by atomic mass is 16.6. The SMILES string of the molecule is COCCNc1ccc([N+](=O)[O-])cc1C(=O)Nc1cc(C(C)(C)C)ccc1OC. The van der Waals surface area contributed by atoms with E-state index in [4.69, 9.17) is 9.47 Å². The van der Waals surface area contributed by atoms with Crippen molar-refractivity contribution in [1.29, 1.82) is 0 Å². The van der Waals surface area contributed by atoms with Gasteiger partial charge in [0.25, 0.3) is 11.6 Å². The molecule has 0 aliphatic rings. The number of nitro benzene ring substituents is 1. The summed E-state index contributed by atoms with van der Waals surface area (Å²) in [6.07, 6.45) is 0. The topological polar surface area (TPSA) is 103 Å². The minimum atomic E-state index is -0.531. The standard InChI is InChI=1S/C21H27N3O5/c1-21(2,3)14-6-9-19(29-5)18(12-14)23-20(25)16-13-15(24(26)27)7-8-17(16)22-10-11-28-4/h6-9,12-13,22H,10-11H2,1-5H3,(H,23,25). The summed E-state index contributed by atoms with van der Waals surface area (Å²) in [5, 5.41) is 17.1. The molecular weight excluding hydrogens is 374 g/mol. The summed E-state index contributed by atoms with van der Waals surface area (Å²) in [4.78, 5) is 23.7. The highest BCUT2D eigenvalue weighted by Gasteiger charge is 2.20. The van der Waals surface area contributed by atoms with Gasteiger partial charge in [0.05, 0.1) is 29.9 Å².